The first-order chi connectivity index (χ1) is 7.35. The second-order valence-corrected chi connectivity index (χ2v) is 4.34. The van der Waals surface area contributed by atoms with Crippen LogP contribution in [0.3, 0.4) is 0 Å². The van der Waals surface area contributed by atoms with Crippen molar-refractivity contribution in [2.24, 2.45) is 0 Å². The van der Waals surface area contributed by atoms with Gasteiger partial charge in [-0.3, -0.25) is 0 Å². The quantitative estimate of drug-likeness (QED) is 0.861. The molecule has 0 saturated heterocycles. The molecule has 3 heteroatoms. The Morgan fingerprint density at radius 3 is 2.60 bits per heavy atom. The molecule has 0 radical (unpaired) electrons. The van der Waals surface area contributed by atoms with Crippen LogP contribution in [0, 0.1) is 0 Å². The third kappa shape index (κ3) is 2.08. The van der Waals surface area contributed by atoms with Crippen LogP contribution in [0.1, 0.15) is 17.6 Å². The molecule has 1 N–H and O–H groups in total. The molecular weight excluding hydrogens is 206 g/mol. The maximum atomic E-state index is 9.07. The van der Waals surface area contributed by atoms with Gasteiger partial charge in [0.05, 0.1) is 17.2 Å². The van der Waals surface area contributed by atoms with E-state index in [0.717, 1.165) is 17.1 Å². The van der Waals surface area contributed by atoms with E-state index in [-0.39, 0.29) is 6.61 Å². The van der Waals surface area contributed by atoms with Crippen molar-refractivity contribution in [3.63, 3.8) is 0 Å². The van der Waals surface area contributed by atoms with E-state index in [1.165, 1.54) is 10.4 Å². The summed E-state index contributed by atoms with van der Waals surface area (Å²) in [5, 5.41) is 9.86. The maximum Gasteiger partial charge on any atom is 0.119 e. The third-order valence-electron chi connectivity index (χ3n) is 2.25. The SMILES string of the molecule is CCc1nc(CO)sc1-c1ccccc1. The standard InChI is InChI=1S/C12H13NOS/c1-2-10-12(15-11(8-14)13-10)9-6-4-3-5-7-9/h3-7,14H,2,8H2,1H3. The molecule has 0 amide bonds. The van der Waals surface area contributed by atoms with Crippen molar-refractivity contribution < 1.29 is 5.11 Å². The smallest absolute Gasteiger partial charge is 0.119 e. The lowest BCUT2D eigenvalue weighted by atomic mass is 10.1. The Hall–Kier alpha value is -1.19. The number of aromatic nitrogens is 1. The number of aliphatic hydroxyl groups excluding tert-OH is 1. The molecule has 78 valence electrons. The van der Waals surface area contributed by atoms with Gasteiger partial charge < -0.3 is 5.11 Å². The highest BCUT2D eigenvalue weighted by Crippen LogP contribution is 2.30. The number of thiazole rings is 1. The molecule has 0 bridgehead atoms. The number of hydrogen-bond donors (Lipinski definition) is 1. The maximum absolute atomic E-state index is 9.07. The minimum absolute atomic E-state index is 0.0322. The van der Waals surface area contributed by atoms with E-state index in [4.69, 9.17) is 5.11 Å². The minimum Gasteiger partial charge on any atom is -0.389 e. The topological polar surface area (TPSA) is 33.1 Å². The van der Waals surface area contributed by atoms with Crippen LogP contribution in [0.4, 0.5) is 0 Å². The van der Waals surface area contributed by atoms with E-state index in [0.29, 0.717) is 0 Å². The van der Waals surface area contributed by atoms with E-state index in [2.05, 4.69) is 24.0 Å². The normalized spacial score (nSPS) is 10.5. The Kier molecular flexibility index (Phi) is 3.14. The monoisotopic (exact) mass is 219 g/mol. The predicted octanol–water partition coefficient (Wildman–Crippen LogP) is 2.86. The molecule has 0 aliphatic heterocycles. The summed E-state index contributed by atoms with van der Waals surface area (Å²) in [5.41, 5.74) is 2.27. The van der Waals surface area contributed by atoms with Crippen LogP contribution in [0.2, 0.25) is 0 Å². The lowest BCUT2D eigenvalue weighted by Crippen LogP contribution is -1.85. The summed E-state index contributed by atoms with van der Waals surface area (Å²) >= 11 is 1.58. The van der Waals surface area contributed by atoms with Gasteiger partial charge in [0.25, 0.3) is 0 Å². The van der Waals surface area contributed by atoms with Crippen molar-refractivity contribution in [2.45, 2.75) is 20.0 Å². The summed E-state index contributed by atoms with van der Waals surface area (Å²) in [6, 6.07) is 10.2. The van der Waals surface area contributed by atoms with Gasteiger partial charge in [-0.15, -0.1) is 11.3 Å². The number of benzene rings is 1. The van der Waals surface area contributed by atoms with Crippen molar-refractivity contribution in [3.8, 4) is 10.4 Å². The first kappa shape index (κ1) is 10.3. The summed E-state index contributed by atoms with van der Waals surface area (Å²) in [7, 11) is 0. The van der Waals surface area contributed by atoms with Crippen LogP contribution in [-0.4, -0.2) is 10.1 Å². The molecule has 2 aromatic rings. The summed E-state index contributed by atoms with van der Waals surface area (Å²) in [4.78, 5) is 5.57. The van der Waals surface area contributed by atoms with Gasteiger partial charge in [-0.1, -0.05) is 37.3 Å². The average Bonchev–Trinajstić information content (AvgIpc) is 2.73. The summed E-state index contributed by atoms with van der Waals surface area (Å²) in [6.07, 6.45) is 0.903. The summed E-state index contributed by atoms with van der Waals surface area (Å²) in [5.74, 6) is 0. The van der Waals surface area contributed by atoms with E-state index < -0.39 is 0 Å². The van der Waals surface area contributed by atoms with E-state index >= 15 is 0 Å². The lowest BCUT2D eigenvalue weighted by Gasteiger charge is -1.98. The largest absolute Gasteiger partial charge is 0.389 e. The van der Waals surface area contributed by atoms with Gasteiger partial charge in [-0.25, -0.2) is 4.98 Å². The highest BCUT2D eigenvalue weighted by Gasteiger charge is 2.10. The number of nitrogens with zero attached hydrogens (tertiary/aromatic N) is 1. The molecule has 0 atom stereocenters. The zero-order chi connectivity index (χ0) is 10.7. The number of aliphatic hydroxyl groups is 1. The van der Waals surface area contributed by atoms with Crippen LogP contribution in [0.15, 0.2) is 30.3 Å². The third-order valence-corrected chi connectivity index (χ3v) is 3.38. The number of hydrogen-bond acceptors (Lipinski definition) is 3. The second-order valence-electron chi connectivity index (χ2n) is 3.26. The van der Waals surface area contributed by atoms with Crippen LogP contribution in [0.5, 0.6) is 0 Å². The molecule has 1 heterocycles. The molecule has 2 nitrogen and oxygen atoms in total. The molecule has 0 saturated carbocycles. The first-order valence-electron chi connectivity index (χ1n) is 5.00. The summed E-state index contributed by atoms with van der Waals surface area (Å²) in [6.45, 7) is 2.12. The molecule has 0 aliphatic rings. The summed E-state index contributed by atoms with van der Waals surface area (Å²) < 4.78 is 0. The fourth-order valence-electron chi connectivity index (χ4n) is 1.52. The van der Waals surface area contributed by atoms with Crippen LogP contribution < -0.4 is 0 Å². The molecule has 1 aromatic heterocycles. The number of aryl methyl sites for hydroxylation is 1. The molecule has 1 aromatic carbocycles. The van der Waals surface area contributed by atoms with Crippen LogP contribution in [0.25, 0.3) is 10.4 Å². The fourth-order valence-corrected chi connectivity index (χ4v) is 2.54. The fraction of sp³-hybridized carbons (Fsp3) is 0.250. The highest BCUT2D eigenvalue weighted by molar-refractivity contribution is 7.15. The zero-order valence-corrected chi connectivity index (χ0v) is 9.42. The Labute approximate surface area is 93.2 Å². The van der Waals surface area contributed by atoms with Crippen molar-refractivity contribution in [1.29, 1.82) is 0 Å². The van der Waals surface area contributed by atoms with Crippen molar-refractivity contribution in [3.05, 3.63) is 41.0 Å². The molecule has 0 unspecified atom stereocenters. The Morgan fingerprint density at radius 1 is 1.27 bits per heavy atom. The molecule has 15 heavy (non-hydrogen) atoms. The van der Waals surface area contributed by atoms with Crippen LogP contribution in [-0.2, 0) is 13.0 Å². The van der Waals surface area contributed by atoms with Crippen molar-refractivity contribution in [2.75, 3.05) is 0 Å². The van der Waals surface area contributed by atoms with Gasteiger partial charge >= 0.3 is 0 Å². The zero-order valence-electron chi connectivity index (χ0n) is 8.60. The average molecular weight is 219 g/mol. The molecule has 0 spiro atoms. The first-order valence-corrected chi connectivity index (χ1v) is 5.81. The van der Waals surface area contributed by atoms with Gasteiger partial charge in [0.15, 0.2) is 0 Å². The molecular formula is C12H13NOS. The van der Waals surface area contributed by atoms with Gasteiger partial charge in [-0.2, -0.15) is 0 Å². The van der Waals surface area contributed by atoms with E-state index in [1.807, 2.05) is 18.2 Å². The van der Waals surface area contributed by atoms with Crippen molar-refractivity contribution >= 4 is 11.3 Å². The van der Waals surface area contributed by atoms with Gasteiger partial charge in [0.1, 0.15) is 5.01 Å². The minimum atomic E-state index is 0.0322. The Bertz CT molecular complexity index is 436. The van der Waals surface area contributed by atoms with Gasteiger partial charge in [-0.05, 0) is 12.0 Å². The Balaban J connectivity index is 2.47. The van der Waals surface area contributed by atoms with Gasteiger partial charge in [0.2, 0.25) is 0 Å². The second kappa shape index (κ2) is 4.55. The Morgan fingerprint density at radius 2 is 2.00 bits per heavy atom. The van der Waals surface area contributed by atoms with E-state index in [9.17, 15) is 0 Å². The molecule has 0 fully saturated rings. The van der Waals surface area contributed by atoms with Gasteiger partial charge in [0, 0.05) is 0 Å². The predicted molar refractivity (Wildman–Crippen MR) is 62.9 cm³/mol. The molecule has 0 aliphatic carbocycles. The lowest BCUT2D eigenvalue weighted by molar-refractivity contribution is 0.281. The van der Waals surface area contributed by atoms with Crippen molar-refractivity contribution in [1.82, 2.24) is 4.98 Å². The van der Waals surface area contributed by atoms with Crippen LogP contribution >= 0.6 is 11.3 Å². The number of rotatable bonds is 3. The highest BCUT2D eigenvalue weighted by atomic mass is 32.1. The molecule has 2 rings (SSSR count). The van der Waals surface area contributed by atoms with E-state index in [1.54, 1.807) is 11.3 Å².